The molecular weight excluding hydrogens is 438 g/mol. The summed E-state index contributed by atoms with van der Waals surface area (Å²) in [7, 11) is 1.51. The Morgan fingerprint density at radius 2 is 1.79 bits per heavy atom. The van der Waals surface area contributed by atoms with Crippen molar-refractivity contribution in [2.75, 3.05) is 17.7 Å². The molecule has 2 aromatic carbocycles. The summed E-state index contributed by atoms with van der Waals surface area (Å²) in [5.41, 5.74) is 2.10. The lowest BCUT2D eigenvalue weighted by atomic mass is 10.2. The van der Waals surface area contributed by atoms with Gasteiger partial charge in [-0.15, -0.1) is 0 Å². The zero-order valence-corrected chi connectivity index (χ0v) is 19.4. The highest BCUT2D eigenvalue weighted by Crippen LogP contribution is 2.28. The van der Waals surface area contributed by atoms with Crippen LogP contribution in [0.2, 0.25) is 0 Å². The number of amides is 2. The Labute approximate surface area is 197 Å². The van der Waals surface area contributed by atoms with Crippen LogP contribution in [0.4, 0.5) is 11.4 Å². The number of furan rings is 1. The van der Waals surface area contributed by atoms with Gasteiger partial charge in [-0.1, -0.05) is 44.2 Å². The van der Waals surface area contributed by atoms with E-state index >= 15 is 0 Å². The van der Waals surface area contributed by atoms with Crippen LogP contribution in [0.3, 0.4) is 0 Å². The van der Waals surface area contributed by atoms with Crippen molar-refractivity contribution < 1.29 is 18.7 Å². The monoisotopic (exact) mass is 463 g/mol. The van der Waals surface area contributed by atoms with E-state index in [9.17, 15) is 9.59 Å². The molecule has 0 aliphatic heterocycles. The van der Waals surface area contributed by atoms with Crippen LogP contribution in [0.5, 0.6) is 5.75 Å². The second-order valence-corrected chi connectivity index (χ2v) is 7.81. The first-order chi connectivity index (χ1) is 15.9. The predicted molar refractivity (Wildman–Crippen MR) is 134 cm³/mol. The Balaban J connectivity index is 1.56. The first-order valence-corrected chi connectivity index (χ1v) is 10.7. The van der Waals surface area contributed by atoms with Crippen LogP contribution in [0.25, 0.3) is 17.4 Å². The van der Waals surface area contributed by atoms with Crippen LogP contribution in [0.15, 0.2) is 71.2 Å². The number of carbonyl (C=O) groups excluding carboxylic acids is 2. The molecule has 0 unspecified atom stereocenters. The maximum Gasteiger partial charge on any atom is 0.250 e. The fourth-order valence-corrected chi connectivity index (χ4v) is 3.04. The second-order valence-electron chi connectivity index (χ2n) is 7.40. The fraction of sp³-hybridized carbons (Fsp3) is 0.160. The predicted octanol–water partition coefficient (Wildman–Crippen LogP) is 5.08. The SMILES string of the molecule is COc1cc(NC(=S)NC(=O)/C=C/c2ccc(-c3ccccc3)o2)ccc1NC(=O)C(C)C. The largest absolute Gasteiger partial charge is 0.494 e. The van der Waals surface area contributed by atoms with Crippen molar-refractivity contribution in [2.45, 2.75) is 13.8 Å². The van der Waals surface area contributed by atoms with Crippen molar-refractivity contribution in [2.24, 2.45) is 5.92 Å². The Morgan fingerprint density at radius 1 is 1.03 bits per heavy atom. The third-order valence-electron chi connectivity index (χ3n) is 4.56. The zero-order valence-electron chi connectivity index (χ0n) is 18.5. The number of methoxy groups -OCH3 is 1. The molecule has 0 radical (unpaired) electrons. The van der Waals surface area contributed by atoms with Gasteiger partial charge in [-0.25, -0.2) is 0 Å². The van der Waals surface area contributed by atoms with E-state index in [0.717, 1.165) is 11.3 Å². The van der Waals surface area contributed by atoms with Gasteiger partial charge in [-0.3, -0.25) is 14.9 Å². The van der Waals surface area contributed by atoms with Crippen molar-refractivity contribution >= 4 is 46.6 Å². The number of ether oxygens (including phenoxy) is 1. The van der Waals surface area contributed by atoms with Gasteiger partial charge < -0.3 is 19.8 Å². The number of rotatable bonds is 7. The van der Waals surface area contributed by atoms with Gasteiger partial charge in [0.15, 0.2) is 5.11 Å². The minimum Gasteiger partial charge on any atom is -0.494 e. The molecule has 0 bridgehead atoms. The molecule has 0 fully saturated rings. The van der Waals surface area contributed by atoms with Crippen molar-refractivity contribution in [3.63, 3.8) is 0 Å². The number of hydrogen-bond donors (Lipinski definition) is 3. The van der Waals surface area contributed by atoms with E-state index in [1.165, 1.54) is 13.2 Å². The van der Waals surface area contributed by atoms with E-state index in [-0.39, 0.29) is 16.9 Å². The van der Waals surface area contributed by atoms with Crippen LogP contribution >= 0.6 is 12.2 Å². The Bertz CT molecular complexity index is 1170. The molecule has 0 aliphatic carbocycles. The molecule has 1 heterocycles. The third kappa shape index (κ3) is 6.78. The highest BCUT2D eigenvalue weighted by molar-refractivity contribution is 7.80. The molecular formula is C25H25N3O4S. The maximum atomic E-state index is 12.2. The zero-order chi connectivity index (χ0) is 23.8. The summed E-state index contributed by atoms with van der Waals surface area (Å²) in [5.74, 6) is 1.06. The van der Waals surface area contributed by atoms with E-state index in [4.69, 9.17) is 21.4 Å². The molecule has 8 heteroatoms. The molecule has 0 atom stereocenters. The lowest BCUT2D eigenvalue weighted by molar-refractivity contribution is -0.119. The third-order valence-corrected chi connectivity index (χ3v) is 4.77. The first-order valence-electron chi connectivity index (χ1n) is 10.3. The summed E-state index contributed by atoms with van der Waals surface area (Å²) in [4.78, 5) is 24.2. The standard InChI is InChI=1S/C25H25N3O4S/c1-16(2)24(30)27-20-12-9-18(15-22(20)31-3)26-25(33)28-23(29)14-11-19-10-13-21(32-19)17-7-5-4-6-8-17/h4-16H,1-3H3,(H,27,30)(H2,26,28,29,33)/b14-11+. The number of thiocarbonyl (C=S) groups is 1. The normalized spacial score (nSPS) is 10.8. The van der Waals surface area contributed by atoms with Gasteiger partial charge in [-0.05, 0) is 42.6 Å². The summed E-state index contributed by atoms with van der Waals surface area (Å²) in [5, 5.41) is 8.43. The number of hydrogen-bond acceptors (Lipinski definition) is 5. The van der Waals surface area contributed by atoms with Gasteiger partial charge in [0.2, 0.25) is 11.8 Å². The van der Waals surface area contributed by atoms with Gasteiger partial charge in [0.25, 0.3) is 0 Å². The van der Waals surface area contributed by atoms with E-state index in [2.05, 4.69) is 16.0 Å². The Kier molecular flexibility index (Phi) is 7.99. The number of nitrogens with one attached hydrogen (secondary N) is 3. The molecule has 0 aliphatic rings. The summed E-state index contributed by atoms with van der Waals surface area (Å²) < 4.78 is 11.1. The smallest absolute Gasteiger partial charge is 0.250 e. The number of anilines is 2. The average molecular weight is 464 g/mol. The minimum absolute atomic E-state index is 0.115. The van der Waals surface area contributed by atoms with Gasteiger partial charge in [0, 0.05) is 29.3 Å². The van der Waals surface area contributed by atoms with Crippen LogP contribution in [0.1, 0.15) is 19.6 Å². The molecule has 1 aromatic heterocycles. The number of carbonyl (C=O) groups is 2. The molecule has 7 nitrogen and oxygen atoms in total. The van der Waals surface area contributed by atoms with E-state index in [1.54, 1.807) is 44.2 Å². The first kappa shape index (κ1) is 23.7. The van der Waals surface area contributed by atoms with Crippen LogP contribution in [-0.4, -0.2) is 24.0 Å². The molecule has 3 rings (SSSR count). The van der Waals surface area contributed by atoms with Crippen molar-refractivity contribution in [1.82, 2.24) is 5.32 Å². The highest BCUT2D eigenvalue weighted by atomic mass is 32.1. The van der Waals surface area contributed by atoms with Crippen LogP contribution in [0, 0.1) is 5.92 Å². The molecule has 0 spiro atoms. The lowest BCUT2D eigenvalue weighted by Gasteiger charge is -2.14. The van der Waals surface area contributed by atoms with Crippen LogP contribution < -0.4 is 20.7 Å². The van der Waals surface area contributed by atoms with Crippen molar-refractivity contribution in [1.29, 1.82) is 0 Å². The quantitative estimate of drug-likeness (QED) is 0.334. The average Bonchev–Trinajstić information content (AvgIpc) is 3.28. The minimum atomic E-state index is -0.405. The Morgan fingerprint density at radius 3 is 2.48 bits per heavy atom. The molecule has 0 saturated heterocycles. The molecule has 3 N–H and O–H groups in total. The van der Waals surface area contributed by atoms with Gasteiger partial charge in [0.05, 0.1) is 12.8 Å². The number of benzene rings is 2. The summed E-state index contributed by atoms with van der Waals surface area (Å²) in [6.07, 6.45) is 2.91. The van der Waals surface area contributed by atoms with Crippen molar-refractivity contribution in [3.05, 3.63) is 72.5 Å². The highest BCUT2D eigenvalue weighted by Gasteiger charge is 2.12. The van der Waals surface area contributed by atoms with Crippen LogP contribution in [-0.2, 0) is 9.59 Å². The molecule has 170 valence electrons. The van der Waals surface area contributed by atoms with E-state index in [0.29, 0.717) is 22.9 Å². The van der Waals surface area contributed by atoms with Gasteiger partial charge in [0.1, 0.15) is 17.3 Å². The molecule has 3 aromatic rings. The summed E-state index contributed by atoms with van der Waals surface area (Å²) in [6.45, 7) is 3.61. The van der Waals surface area contributed by atoms with E-state index in [1.807, 2.05) is 36.4 Å². The summed E-state index contributed by atoms with van der Waals surface area (Å²) >= 11 is 5.22. The molecule has 2 amide bonds. The molecule has 33 heavy (non-hydrogen) atoms. The summed E-state index contributed by atoms with van der Waals surface area (Å²) in [6, 6.07) is 18.4. The van der Waals surface area contributed by atoms with Gasteiger partial charge >= 0.3 is 0 Å². The fourth-order valence-electron chi connectivity index (χ4n) is 2.82. The maximum absolute atomic E-state index is 12.2. The Hall–Kier alpha value is -3.91. The van der Waals surface area contributed by atoms with Gasteiger partial charge in [-0.2, -0.15) is 0 Å². The van der Waals surface area contributed by atoms with E-state index < -0.39 is 5.91 Å². The van der Waals surface area contributed by atoms with Crippen molar-refractivity contribution in [3.8, 4) is 17.1 Å². The topological polar surface area (TPSA) is 92.6 Å². The lowest BCUT2D eigenvalue weighted by Crippen LogP contribution is -2.32. The molecule has 0 saturated carbocycles. The second kappa shape index (κ2) is 11.1.